The van der Waals surface area contributed by atoms with E-state index in [9.17, 15) is 4.79 Å². The van der Waals surface area contributed by atoms with Crippen molar-refractivity contribution in [3.63, 3.8) is 0 Å². The van der Waals surface area contributed by atoms with E-state index >= 15 is 0 Å². The third-order valence-electron chi connectivity index (χ3n) is 4.87. The van der Waals surface area contributed by atoms with Gasteiger partial charge in [0.2, 0.25) is 5.91 Å². The Morgan fingerprint density at radius 1 is 1.31 bits per heavy atom. The largest absolute Gasteiger partial charge is 0.363 e. The molecule has 1 N–H and O–H groups in total. The Morgan fingerprint density at radius 3 is 2.81 bits per heavy atom. The van der Waals surface area contributed by atoms with E-state index in [0.717, 1.165) is 36.6 Å². The topological polar surface area (TPSA) is 74.2 Å². The summed E-state index contributed by atoms with van der Waals surface area (Å²) < 4.78 is 0. The molecule has 2 aromatic heterocycles. The molecule has 138 valence electrons. The Balaban J connectivity index is 1.68. The van der Waals surface area contributed by atoms with Gasteiger partial charge in [0.15, 0.2) is 0 Å². The molecule has 1 saturated heterocycles. The minimum absolute atomic E-state index is 0.0842. The predicted octanol–water partition coefficient (Wildman–Crippen LogP) is 1.86. The summed E-state index contributed by atoms with van der Waals surface area (Å²) in [5.74, 6) is 1.82. The predicted molar refractivity (Wildman–Crippen MR) is 102 cm³/mol. The molecule has 7 nitrogen and oxygen atoms in total. The fourth-order valence-corrected chi connectivity index (χ4v) is 3.27. The average Bonchev–Trinajstić information content (AvgIpc) is 2.67. The molecule has 0 unspecified atom stereocenters. The third kappa shape index (κ3) is 4.09. The average molecular weight is 354 g/mol. The normalized spacial score (nSPS) is 19.9. The first-order valence-corrected chi connectivity index (χ1v) is 8.89. The SMILES string of the molecule is CN(C)c1cc(N2CCC[C@](C)(C(=O)NCc3ccncc3)C2)ncn1. The zero-order chi connectivity index (χ0) is 18.6. The van der Waals surface area contributed by atoms with Crippen molar-refractivity contribution in [2.24, 2.45) is 5.41 Å². The van der Waals surface area contributed by atoms with Crippen molar-refractivity contribution in [1.82, 2.24) is 20.3 Å². The number of hydrogen-bond acceptors (Lipinski definition) is 6. The summed E-state index contributed by atoms with van der Waals surface area (Å²) in [4.78, 5) is 29.7. The van der Waals surface area contributed by atoms with E-state index in [1.807, 2.05) is 44.1 Å². The molecule has 1 atom stereocenters. The summed E-state index contributed by atoms with van der Waals surface area (Å²) in [7, 11) is 3.91. The van der Waals surface area contributed by atoms with Gasteiger partial charge in [-0.3, -0.25) is 9.78 Å². The summed E-state index contributed by atoms with van der Waals surface area (Å²) in [6, 6.07) is 5.81. The Hall–Kier alpha value is -2.70. The molecule has 2 aromatic rings. The Morgan fingerprint density at radius 2 is 2.08 bits per heavy atom. The quantitative estimate of drug-likeness (QED) is 0.883. The van der Waals surface area contributed by atoms with Crippen LogP contribution in [0.4, 0.5) is 11.6 Å². The lowest BCUT2D eigenvalue weighted by Gasteiger charge is -2.40. The number of hydrogen-bond donors (Lipinski definition) is 1. The van der Waals surface area contributed by atoms with Crippen LogP contribution in [-0.2, 0) is 11.3 Å². The lowest BCUT2D eigenvalue weighted by atomic mass is 9.81. The molecule has 3 heterocycles. The molecule has 0 spiro atoms. The molecule has 1 amide bonds. The van der Waals surface area contributed by atoms with E-state index in [-0.39, 0.29) is 5.91 Å². The van der Waals surface area contributed by atoms with Gasteiger partial charge in [-0.2, -0.15) is 0 Å². The number of nitrogens with zero attached hydrogens (tertiary/aromatic N) is 5. The van der Waals surface area contributed by atoms with E-state index in [2.05, 4.69) is 25.2 Å². The van der Waals surface area contributed by atoms with E-state index < -0.39 is 5.41 Å². The number of carbonyl (C=O) groups is 1. The number of carbonyl (C=O) groups excluding carboxylic acids is 1. The lowest BCUT2D eigenvalue weighted by molar-refractivity contribution is -0.130. The molecule has 26 heavy (non-hydrogen) atoms. The Labute approximate surface area is 154 Å². The minimum atomic E-state index is -0.436. The highest BCUT2D eigenvalue weighted by Crippen LogP contribution is 2.32. The van der Waals surface area contributed by atoms with Gasteiger partial charge in [0.1, 0.15) is 18.0 Å². The molecule has 1 fully saturated rings. The number of aromatic nitrogens is 3. The van der Waals surface area contributed by atoms with Gasteiger partial charge < -0.3 is 15.1 Å². The van der Waals surface area contributed by atoms with Gasteiger partial charge in [-0.1, -0.05) is 0 Å². The maximum Gasteiger partial charge on any atom is 0.227 e. The summed E-state index contributed by atoms with van der Waals surface area (Å²) >= 11 is 0. The van der Waals surface area contributed by atoms with Crippen molar-refractivity contribution in [3.05, 3.63) is 42.5 Å². The highest BCUT2D eigenvalue weighted by atomic mass is 16.2. The van der Waals surface area contributed by atoms with Gasteiger partial charge in [-0.25, -0.2) is 9.97 Å². The zero-order valence-electron chi connectivity index (χ0n) is 15.6. The molecular formula is C19H26N6O. The van der Waals surface area contributed by atoms with Crippen LogP contribution in [0, 0.1) is 5.41 Å². The number of rotatable bonds is 5. The van der Waals surface area contributed by atoms with Crippen LogP contribution >= 0.6 is 0 Å². The number of anilines is 2. The molecule has 7 heteroatoms. The van der Waals surface area contributed by atoms with Crippen LogP contribution in [0.2, 0.25) is 0 Å². The summed E-state index contributed by atoms with van der Waals surface area (Å²) in [5, 5.41) is 3.08. The first-order valence-electron chi connectivity index (χ1n) is 8.89. The van der Waals surface area contributed by atoms with Crippen LogP contribution in [-0.4, -0.2) is 48.0 Å². The first kappa shape index (κ1) is 18.1. The minimum Gasteiger partial charge on any atom is -0.363 e. The molecule has 0 saturated carbocycles. The van der Waals surface area contributed by atoms with Gasteiger partial charge in [0, 0.05) is 52.2 Å². The lowest BCUT2D eigenvalue weighted by Crippen LogP contribution is -2.50. The van der Waals surface area contributed by atoms with Crippen LogP contribution in [0.15, 0.2) is 36.9 Å². The van der Waals surface area contributed by atoms with Crippen molar-refractivity contribution in [1.29, 1.82) is 0 Å². The second-order valence-electron chi connectivity index (χ2n) is 7.25. The third-order valence-corrected chi connectivity index (χ3v) is 4.87. The first-order chi connectivity index (χ1) is 12.5. The van der Waals surface area contributed by atoms with Crippen molar-refractivity contribution in [3.8, 4) is 0 Å². The molecule has 0 bridgehead atoms. The number of piperidine rings is 1. The molecule has 0 aromatic carbocycles. The van der Waals surface area contributed by atoms with Crippen molar-refractivity contribution in [2.45, 2.75) is 26.3 Å². The monoisotopic (exact) mass is 354 g/mol. The van der Waals surface area contributed by atoms with Gasteiger partial charge in [-0.15, -0.1) is 0 Å². The molecule has 0 radical (unpaired) electrons. The second-order valence-corrected chi connectivity index (χ2v) is 7.25. The fourth-order valence-electron chi connectivity index (χ4n) is 3.27. The smallest absolute Gasteiger partial charge is 0.227 e. The van der Waals surface area contributed by atoms with Crippen LogP contribution in [0.1, 0.15) is 25.3 Å². The van der Waals surface area contributed by atoms with Crippen molar-refractivity contribution < 1.29 is 4.79 Å². The van der Waals surface area contributed by atoms with Crippen molar-refractivity contribution in [2.75, 3.05) is 37.0 Å². The van der Waals surface area contributed by atoms with Crippen LogP contribution in [0.3, 0.4) is 0 Å². The molecule has 1 aliphatic heterocycles. The second kappa shape index (κ2) is 7.68. The number of pyridine rings is 1. The van der Waals surface area contributed by atoms with Gasteiger partial charge >= 0.3 is 0 Å². The van der Waals surface area contributed by atoms with Crippen LogP contribution in [0.25, 0.3) is 0 Å². The highest BCUT2D eigenvalue weighted by Gasteiger charge is 2.38. The fraction of sp³-hybridized carbons (Fsp3) is 0.474. The zero-order valence-corrected chi connectivity index (χ0v) is 15.6. The van der Waals surface area contributed by atoms with E-state index in [1.54, 1.807) is 18.7 Å². The molecule has 0 aliphatic carbocycles. The maximum atomic E-state index is 12.9. The summed E-state index contributed by atoms with van der Waals surface area (Å²) in [5.41, 5.74) is 0.616. The van der Waals surface area contributed by atoms with Gasteiger partial charge in [0.05, 0.1) is 5.41 Å². The number of nitrogens with one attached hydrogen (secondary N) is 1. The van der Waals surface area contributed by atoms with Crippen LogP contribution in [0.5, 0.6) is 0 Å². The van der Waals surface area contributed by atoms with E-state index in [0.29, 0.717) is 13.1 Å². The summed E-state index contributed by atoms with van der Waals surface area (Å²) in [6.45, 7) is 4.11. The van der Waals surface area contributed by atoms with Gasteiger partial charge in [0.25, 0.3) is 0 Å². The van der Waals surface area contributed by atoms with Crippen molar-refractivity contribution >= 4 is 17.5 Å². The number of amides is 1. The maximum absolute atomic E-state index is 12.9. The van der Waals surface area contributed by atoms with Crippen LogP contribution < -0.4 is 15.1 Å². The van der Waals surface area contributed by atoms with Gasteiger partial charge in [-0.05, 0) is 37.5 Å². The van der Waals surface area contributed by atoms with E-state index in [4.69, 9.17) is 0 Å². The highest BCUT2D eigenvalue weighted by molar-refractivity contribution is 5.83. The standard InChI is InChI=1S/C19H26N6O/c1-19(18(26)21-12-15-5-8-20-9-6-15)7-4-10-25(13-19)17-11-16(24(2)3)22-14-23-17/h5-6,8-9,11,14H,4,7,10,12-13H2,1-3H3,(H,21,26)/t19-/m0/s1. The Bertz CT molecular complexity index is 751. The molecule has 3 rings (SSSR count). The molecular weight excluding hydrogens is 328 g/mol. The Kier molecular flexibility index (Phi) is 5.35. The van der Waals surface area contributed by atoms with E-state index in [1.165, 1.54) is 0 Å². The summed E-state index contributed by atoms with van der Waals surface area (Å²) in [6.07, 6.45) is 6.89. The molecule has 1 aliphatic rings.